The van der Waals surface area contributed by atoms with Gasteiger partial charge in [0.25, 0.3) is 0 Å². The summed E-state index contributed by atoms with van der Waals surface area (Å²) in [6, 6.07) is 5.71. The summed E-state index contributed by atoms with van der Waals surface area (Å²) < 4.78 is 10.9. The Morgan fingerprint density at radius 3 is 2.81 bits per heavy atom. The average molecular weight is 291 g/mol. The number of carbonyl (C=O) groups is 1. The van der Waals surface area contributed by atoms with E-state index in [1.165, 1.54) is 0 Å². The molecule has 2 rings (SSSR count). The lowest BCUT2D eigenvalue weighted by atomic mass is 9.94. The number of piperidine rings is 1. The molecule has 4 heteroatoms. The zero-order chi connectivity index (χ0) is 15.5. The number of likely N-dealkylation sites (tertiary alicyclic amines) is 1. The fourth-order valence-corrected chi connectivity index (χ4v) is 2.93. The summed E-state index contributed by atoms with van der Waals surface area (Å²) in [5.74, 6) is 0.763. The van der Waals surface area contributed by atoms with Gasteiger partial charge in [0.05, 0.1) is 24.8 Å². The van der Waals surface area contributed by atoms with Crippen molar-refractivity contribution in [2.75, 3.05) is 33.9 Å². The Morgan fingerprint density at radius 2 is 2.14 bits per heavy atom. The molecule has 0 aromatic heterocycles. The van der Waals surface area contributed by atoms with Crippen LogP contribution in [0.15, 0.2) is 18.2 Å². The summed E-state index contributed by atoms with van der Waals surface area (Å²) >= 11 is 0. The van der Waals surface area contributed by atoms with E-state index in [1.807, 2.05) is 25.1 Å². The molecule has 0 saturated carbocycles. The van der Waals surface area contributed by atoms with E-state index >= 15 is 0 Å². The predicted octanol–water partition coefficient (Wildman–Crippen LogP) is 2.69. The topological polar surface area (TPSA) is 38.8 Å². The van der Waals surface area contributed by atoms with Crippen molar-refractivity contribution < 1.29 is 14.3 Å². The molecule has 1 atom stereocenters. The molecule has 116 valence electrons. The van der Waals surface area contributed by atoms with Crippen molar-refractivity contribution in [2.24, 2.45) is 0 Å². The first kappa shape index (κ1) is 16.0. The summed E-state index contributed by atoms with van der Waals surface area (Å²) in [6.45, 7) is 6.25. The van der Waals surface area contributed by atoms with Crippen molar-refractivity contribution in [2.45, 2.75) is 32.3 Å². The van der Waals surface area contributed by atoms with Crippen LogP contribution in [0.3, 0.4) is 0 Å². The van der Waals surface area contributed by atoms with Crippen molar-refractivity contribution in [1.82, 2.24) is 4.90 Å². The van der Waals surface area contributed by atoms with Gasteiger partial charge in [-0.15, -0.1) is 0 Å². The number of benzene rings is 1. The Balaban J connectivity index is 2.08. The number of methoxy groups -OCH3 is 2. The van der Waals surface area contributed by atoms with Crippen LogP contribution in [0.1, 0.15) is 35.7 Å². The van der Waals surface area contributed by atoms with Gasteiger partial charge in [-0.2, -0.15) is 0 Å². The maximum atomic E-state index is 12.5. The van der Waals surface area contributed by atoms with E-state index in [4.69, 9.17) is 9.47 Å². The van der Waals surface area contributed by atoms with Crippen molar-refractivity contribution in [3.63, 3.8) is 0 Å². The molecule has 1 unspecified atom stereocenters. The third-order valence-electron chi connectivity index (χ3n) is 4.26. The molecule has 1 aromatic rings. The lowest BCUT2D eigenvalue weighted by Crippen LogP contribution is -2.48. The minimum Gasteiger partial charge on any atom is -0.496 e. The first-order valence-electron chi connectivity index (χ1n) is 7.43. The molecule has 1 aliphatic heterocycles. The third kappa shape index (κ3) is 3.83. The van der Waals surface area contributed by atoms with E-state index in [0.29, 0.717) is 17.9 Å². The average Bonchev–Trinajstić information content (AvgIpc) is 2.47. The standard InChI is InChI=1S/C17H25NO3/c1-13-6-7-14(16(10-13)20-3)15(19)11-18-9-5-8-17(2,12-18)21-4/h6-7,10H,5,8-9,11-12H2,1-4H3. The Hall–Kier alpha value is -1.39. The van der Waals surface area contributed by atoms with E-state index in [-0.39, 0.29) is 11.4 Å². The van der Waals surface area contributed by atoms with E-state index in [2.05, 4.69) is 11.8 Å². The number of hydrogen-bond acceptors (Lipinski definition) is 4. The quantitative estimate of drug-likeness (QED) is 0.782. The molecule has 1 saturated heterocycles. The summed E-state index contributed by atoms with van der Waals surface area (Å²) in [4.78, 5) is 14.7. The van der Waals surface area contributed by atoms with Crippen LogP contribution in [-0.2, 0) is 4.74 Å². The normalized spacial score (nSPS) is 23.0. The summed E-state index contributed by atoms with van der Waals surface area (Å²) in [7, 11) is 3.35. The largest absolute Gasteiger partial charge is 0.496 e. The van der Waals surface area contributed by atoms with Gasteiger partial charge in [-0.1, -0.05) is 6.07 Å². The molecule has 1 aromatic carbocycles. The van der Waals surface area contributed by atoms with Gasteiger partial charge in [0.1, 0.15) is 5.75 Å². The van der Waals surface area contributed by atoms with Crippen LogP contribution < -0.4 is 4.74 Å². The Kier molecular flexibility index (Phi) is 5.01. The first-order chi connectivity index (χ1) is 9.97. The molecule has 21 heavy (non-hydrogen) atoms. The zero-order valence-corrected chi connectivity index (χ0v) is 13.4. The van der Waals surface area contributed by atoms with Crippen LogP contribution in [0.2, 0.25) is 0 Å². The second kappa shape index (κ2) is 6.58. The van der Waals surface area contributed by atoms with E-state index < -0.39 is 0 Å². The van der Waals surface area contributed by atoms with Crippen LogP contribution in [-0.4, -0.2) is 50.1 Å². The van der Waals surface area contributed by atoms with Crippen molar-refractivity contribution in [1.29, 1.82) is 0 Å². The van der Waals surface area contributed by atoms with Gasteiger partial charge in [-0.25, -0.2) is 0 Å². The molecule has 0 N–H and O–H groups in total. The highest BCUT2D eigenvalue weighted by molar-refractivity contribution is 6.00. The molecule has 1 heterocycles. The summed E-state index contributed by atoms with van der Waals surface area (Å²) in [5.41, 5.74) is 1.61. The Morgan fingerprint density at radius 1 is 1.38 bits per heavy atom. The molecule has 1 fully saturated rings. The maximum Gasteiger partial charge on any atom is 0.180 e. The van der Waals surface area contributed by atoms with E-state index in [9.17, 15) is 4.79 Å². The summed E-state index contributed by atoms with van der Waals surface area (Å²) in [6.07, 6.45) is 2.10. The monoisotopic (exact) mass is 291 g/mol. The molecule has 0 radical (unpaired) electrons. The van der Waals surface area contributed by atoms with Crippen LogP contribution in [0.25, 0.3) is 0 Å². The highest BCUT2D eigenvalue weighted by atomic mass is 16.5. The maximum absolute atomic E-state index is 12.5. The molecular weight excluding hydrogens is 266 g/mol. The van der Waals surface area contributed by atoms with E-state index in [1.54, 1.807) is 14.2 Å². The molecular formula is C17H25NO3. The molecule has 4 nitrogen and oxygen atoms in total. The zero-order valence-electron chi connectivity index (χ0n) is 13.4. The highest BCUT2D eigenvalue weighted by Gasteiger charge is 2.31. The van der Waals surface area contributed by atoms with Crippen molar-refractivity contribution >= 4 is 5.78 Å². The van der Waals surface area contributed by atoms with Gasteiger partial charge in [0.15, 0.2) is 5.78 Å². The van der Waals surface area contributed by atoms with Crippen LogP contribution >= 0.6 is 0 Å². The Bertz CT molecular complexity index is 515. The SMILES string of the molecule is COc1cc(C)ccc1C(=O)CN1CCCC(C)(OC)C1. The number of aryl methyl sites for hydroxylation is 1. The molecule has 0 amide bonds. The van der Waals surface area contributed by atoms with Crippen molar-refractivity contribution in [3.05, 3.63) is 29.3 Å². The number of hydrogen-bond donors (Lipinski definition) is 0. The fourth-order valence-electron chi connectivity index (χ4n) is 2.93. The van der Waals surface area contributed by atoms with Gasteiger partial charge in [0, 0.05) is 13.7 Å². The first-order valence-corrected chi connectivity index (χ1v) is 7.43. The van der Waals surface area contributed by atoms with Crippen molar-refractivity contribution in [3.8, 4) is 5.75 Å². The lowest BCUT2D eigenvalue weighted by Gasteiger charge is -2.39. The number of rotatable bonds is 5. The van der Waals surface area contributed by atoms with Gasteiger partial charge in [-0.3, -0.25) is 9.69 Å². The van der Waals surface area contributed by atoms with E-state index in [0.717, 1.165) is 31.5 Å². The van der Waals surface area contributed by atoms with Crippen LogP contribution in [0, 0.1) is 6.92 Å². The second-order valence-corrected chi connectivity index (χ2v) is 6.10. The molecule has 1 aliphatic rings. The number of ether oxygens (including phenoxy) is 2. The fraction of sp³-hybridized carbons (Fsp3) is 0.588. The number of ketones is 1. The minimum atomic E-state index is -0.143. The van der Waals surface area contributed by atoms with Crippen LogP contribution in [0.5, 0.6) is 5.75 Å². The van der Waals surface area contributed by atoms with Crippen LogP contribution in [0.4, 0.5) is 0 Å². The highest BCUT2D eigenvalue weighted by Crippen LogP contribution is 2.25. The Labute approximate surface area is 127 Å². The third-order valence-corrected chi connectivity index (χ3v) is 4.26. The van der Waals surface area contributed by atoms with Gasteiger partial charge in [-0.05, 0) is 50.9 Å². The van der Waals surface area contributed by atoms with Gasteiger partial charge < -0.3 is 9.47 Å². The molecule has 0 bridgehead atoms. The van der Waals surface area contributed by atoms with Gasteiger partial charge in [0.2, 0.25) is 0 Å². The smallest absolute Gasteiger partial charge is 0.180 e. The predicted molar refractivity (Wildman–Crippen MR) is 83.1 cm³/mol. The van der Waals surface area contributed by atoms with Gasteiger partial charge >= 0.3 is 0 Å². The minimum absolute atomic E-state index is 0.104. The molecule has 0 spiro atoms. The number of Topliss-reactive ketones (excluding diaryl/α,β-unsaturated/α-hetero) is 1. The lowest BCUT2D eigenvalue weighted by molar-refractivity contribution is -0.0485. The second-order valence-electron chi connectivity index (χ2n) is 6.10. The number of nitrogens with zero attached hydrogens (tertiary/aromatic N) is 1. The summed E-state index contributed by atoms with van der Waals surface area (Å²) in [5, 5.41) is 0. The number of carbonyl (C=O) groups excluding carboxylic acids is 1. The molecule has 0 aliphatic carbocycles.